The van der Waals surface area contributed by atoms with Gasteiger partial charge in [0.15, 0.2) is 5.11 Å². The van der Waals surface area contributed by atoms with Gasteiger partial charge in [-0.2, -0.15) is 0 Å². The van der Waals surface area contributed by atoms with Crippen LogP contribution >= 0.6 is 12.2 Å². The molecule has 116 valence electrons. The number of benzene rings is 1. The minimum Gasteiger partial charge on any atom is -0.383 e. The van der Waals surface area contributed by atoms with Crippen molar-refractivity contribution in [3.63, 3.8) is 0 Å². The molecule has 0 aromatic heterocycles. The predicted octanol–water partition coefficient (Wildman–Crippen LogP) is 1.46. The smallest absolute Gasteiger partial charge is 0.169 e. The minimum atomic E-state index is -0.184. The van der Waals surface area contributed by atoms with Crippen LogP contribution in [0.15, 0.2) is 24.3 Å². The monoisotopic (exact) mass is 311 g/mol. The molecule has 1 aromatic carbocycles. The molecule has 0 bridgehead atoms. The first-order chi connectivity index (χ1) is 10.2. The number of ether oxygens (including phenoxy) is 1. The molecule has 0 atom stereocenters. The number of nitrogens with zero attached hydrogens (tertiary/aromatic N) is 2. The van der Waals surface area contributed by atoms with Crippen molar-refractivity contribution in [1.29, 1.82) is 0 Å². The van der Waals surface area contributed by atoms with Gasteiger partial charge in [-0.25, -0.2) is 4.39 Å². The van der Waals surface area contributed by atoms with Crippen molar-refractivity contribution in [2.45, 2.75) is 6.54 Å². The summed E-state index contributed by atoms with van der Waals surface area (Å²) in [6.45, 7) is 6.01. The Morgan fingerprint density at radius 3 is 2.52 bits per heavy atom. The standard InChI is InChI=1S/C15H22FN3OS/c1-20-11-6-17-15(21)19-9-7-18(8-10-19)12-13-2-4-14(16)5-3-13/h2-5H,6-12H2,1H3,(H,17,21). The van der Waals surface area contributed by atoms with E-state index >= 15 is 0 Å². The van der Waals surface area contributed by atoms with Crippen LogP contribution in [0.5, 0.6) is 0 Å². The molecule has 2 rings (SSSR count). The zero-order valence-corrected chi connectivity index (χ0v) is 13.2. The quantitative estimate of drug-likeness (QED) is 0.656. The highest BCUT2D eigenvalue weighted by molar-refractivity contribution is 7.80. The summed E-state index contributed by atoms with van der Waals surface area (Å²) >= 11 is 5.37. The van der Waals surface area contributed by atoms with Gasteiger partial charge in [0, 0.05) is 46.4 Å². The van der Waals surface area contributed by atoms with Crippen LogP contribution in [0.3, 0.4) is 0 Å². The minimum absolute atomic E-state index is 0.184. The van der Waals surface area contributed by atoms with Gasteiger partial charge in [0.05, 0.1) is 6.61 Å². The maximum Gasteiger partial charge on any atom is 0.169 e. The van der Waals surface area contributed by atoms with Crippen molar-refractivity contribution in [1.82, 2.24) is 15.1 Å². The van der Waals surface area contributed by atoms with Crippen LogP contribution in [0.2, 0.25) is 0 Å². The number of hydrogen-bond acceptors (Lipinski definition) is 3. The third kappa shape index (κ3) is 5.22. The predicted molar refractivity (Wildman–Crippen MR) is 85.7 cm³/mol. The maximum atomic E-state index is 12.9. The van der Waals surface area contributed by atoms with E-state index in [1.54, 1.807) is 7.11 Å². The van der Waals surface area contributed by atoms with E-state index < -0.39 is 0 Å². The fourth-order valence-electron chi connectivity index (χ4n) is 2.33. The molecule has 21 heavy (non-hydrogen) atoms. The second kappa shape index (κ2) is 8.26. The largest absolute Gasteiger partial charge is 0.383 e. The van der Waals surface area contributed by atoms with Crippen molar-refractivity contribution < 1.29 is 9.13 Å². The summed E-state index contributed by atoms with van der Waals surface area (Å²) in [5, 5.41) is 4.00. The van der Waals surface area contributed by atoms with Crippen LogP contribution in [0.4, 0.5) is 4.39 Å². The number of halogens is 1. The molecular weight excluding hydrogens is 289 g/mol. The van der Waals surface area contributed by atoms with Crippen molar-refractivity contribution in [3.8, 4) is 0 Å². The molecule has 1 aliphatic heterocycles. The number of methoxy groups -OCH3 is 1. The highest BCUT2D eigenvalue weighted by Gasteiger charge is 2.18. The molecule has 0 radical (unpaired) electrons. The molecule has 1 aromatic rings. The van der Waals surface area contributed by atoms with Crippen molar-refractivity contribution in [2.24, 2.45) is 0 Å². The first kappa shape index (κ1) is 16.1. The van der Waals surface area contributed by atoms with Crippen LogP contribution in [0.25, 0.3) is 0 Å². The summed E-state index contributed by atoms with van der Waals surface area (Å²) in [6.07, 6.45) is 0. The Hall–Kier alpha value is -1.24. The zero-order chi connectivity index (χ0) is 15.1. The molecule has 0 aliphatic carbocycles. The number of hydrogen-bond donors (Lipinski definition) is 1. The van der Waals surface area contributed by atoms with Crippen molar-refractivity contribution >= 4 is 17.3 Å². The second-order valence-corrected chi connectivity index (χ2v) is 5.50. The van der Waals surface area contributed by atoms with Gasteiger partial charge in [-0.3, -0.25) is 4.90 Å². The van der Waals surface area contributed by atoms with Crippen LogP contribution in [0, 0.1) is 5.82 Å². The molecule has 0 spiro atoms. The average Bonchev–Trinajstić information content (AvgIpc) is 2.50. The van der Waals surface area contributed by atoms with Crippen LogP contribution in [0.1, 0.15) is 5.56 Å². The summed E-state index contributed by atoms with van der Waals surface area (Å²) < 4.78 is 17.9. The highest BCUT2D eigenvalue weighted by atomic mass is 32.1. The van der Waals surface area contributed by atoms with Gasteiger partial charge in [-0.15, -0.1) is 0 Å². The first-order valence-electron chi connectivity index (χ1n) is 7.17. The van der Waals surface area contributed by atoms with Crippen LogP contribution in [-0.4, -0.2) is 61.4 Å². The average molecular weight is 311 g/mol. The van der Waals surface area contributed by atoms with Gasteiger partial charge in [0.2, 0.25) is 0 Å². The SMILES string of the molecule is COCCNC(=S)N1CCN(Cc2ccc(F)cc2)CC1. The van der Waals surface area contributed by atoms with E-state index in [1.165, 1.54) is 12.1 Å². The summed E-state index contributed by atoms with van der Waals surface area (Å²) in [5.74, 6) is -0.184. The van der Waals surface area contributed by atoms with Crippen molar-refractivity contribution in [2.75, 3.05) is 46.4 Å². The van der Waals surface area contributed by atoms with E-state index in [0.29, 0.717) is 6.61 Å². The number of rotatable bonds is 5. The number of piperazine rings is 1. The normalized spacial score (nSPS) is 16.0. The Labute approximate surface area is 130 Å². The Morgan fingerprint density at radius 2 is 1.90 bits per heavy atom. The molecule has 6 heteroatoms. The number of nitrogens with one attached hydrogen (secondary N) is 1. The Balaban J connectivity index is 1.72. The highest BCUT2D eigenvalue weighted by Crippen LogP contribution is 2.09. The molecule has 1 aliphatic rings. The topological polar surface area (TPSA) is 27.7 Å². The zero-order valence-electron chi connectivity index (χ0n) is 12.3. The summed E-state index contributed by atoms with van der Waals surface area (Å²) in [5.41, 5.74) is 1.14. The first-order valence-corrected chi connectivity index (χ1v) is 7.58. The molecule has 0 amide bonds. The second-order valence-electron chi connectivity index (χ2n) is 5.11. The van der Waals surface area contributed by atoms with Gasteiger partial charge in [-0.1, -0.05) is 12.1 Å². The summed E-state index contributed by atoms with van der Waals surface area (Å²) in [4.78, 5) is 4.55. The van der Waals surface area contributed by atoms with Crippen LogP contribution in [-0.2, 0) is 11.3 Å². The van der Waals surface area contributed by atoms with E-state index in [9.17, 15) is 4.39 Å². The lowest BCUT2D eigenvalue weighted by Gasteiger charge is -2.36. The molecule has 0 saturated carbocycles. The Kier molecular flexibility index (Phi) is 6.35. The molecule has 4 nitrogen and oxygen atoms in total. The third-order valence-electron chi connectivity index (χ3n) is 3.56. The van der Waals surface area contributed by atoms with E-state index in [-0.39, 0.29) is 5.82 Å². The summed E-state index contributed by atoms with van der Waals surface area (Å²) in [6, 6.07) is 6.72. The molecule has 1 fully saturated rings. The van der Waals surface area contributed by atoms with Gasteiger partial charge in [-0.05, 0) is 29.9 Å². The summed E-state index contributed by atoms with van der Waals surface area (Å²) in [7, 11) is 1.68. The lowest BCUT2D eigenvalue weighted by molar-refractivity contribution is 0.172. The lowest BCUT2D eigenvalue weighted by atomic mass is 10.2. The van der Waals surface area contributed by atoms with E-state index in [1.807, 2.05) is 12.1 Å². The van der Waals surface area contributed by atoms with Gasteiger partial charge in [0.1, 0.15) is 5.82 Å². The molecule has 0 unspecified atom stereocenters. The third-order valence-corrected chi connectivity index (χ3v) is 3.96. The van der Waals surface area contributed by atoms with E-state index in [4.69, 9.17) is 17.0 Å². The van der Waals surface area contributed by atoms with Gasteiger partial charge >= 0.3 is 0 Å². The fraction of sp³-hybridized carbons (Fsp3) is 0.533. The van der Waals surface area contributed by atoms with Crippen molar-refractivity contribution in [3.05, 3.63) is 35.6 Å². The number of thiocarbonyl (C=S) groups is 1. The van der Waals surface area contributed by atoms with Gasteiger partial charge in [0.25, 0.3) is 0 Å². The Bertz CT molecular complexity index is 447. The fourth-order valence-corrected chi connectivity index (χ4v) is 2.61. The Morgan fingerprint density at radius 1 is 1.24 bits per heavy atom. The lowest BCUT2D eigenvalue weighted by Crippen LogP contribution is -2.51. The van der Waals surface area contributed by atoms with E-state index in [2.05, 4.69) is 15.1 Å². The molecular formula is C15H22FN3OS. The van der Waals surface area contributed by atoms with E-state index in [0.717, 1.165) is 49.9 Å². The molecule has 1 N–H and O–H groups in total. The maximum absolute atomic E-state index is 12.9. The van der Waals surface area contributed by atoms with Crippen LogP contribution < -0.4 is 5.32 Å². The molecule has 1 heterocycles. The van der Waals surface area contributed by atoms with Gasteiger partial charge < -0.3 is 15.0 Å². The molecule has 1 saturated heterocycles.